The van der Waals surface area contributed by atoms with Crippen LogP contribution in [0.2, 0.25) is 0 Å². The summed E-state index contributed by atoms with van der Waals surface area (Å²) in [5.41, 5.74) is 6.10. The van der Waals surface area contributed by atoms with Gasteiger partial charge in [0.2, 0.25) is 5.88 Å². The first kappa shape index (κ1) is 32.6. The van der Waals surface area contributed by atoms with Gasteiger partial charge in [0.05, 0.1) is 38.5 Å². The third-order valence-corrected chi connectivity index (χ3v) is 10.3. The van der Waals surface area contributed by atoms with Gasteiger partial charge in [-0.05, 0) is 84.3 Å². The number of fused-ring (bicyclic) bond motifs is 5. The molecular formula is C41H43N3O5. The molecular weight excluding hydrogens is 614 g/mol. The molecule has 2 aromatic heterocycles. The van der Waals surface area contributed by atoms with Crippen molar-refractivity contribution in [2.45, 2.75) is 38.0 Å². The number of aliphatic hydroxyl groups excluding tert-OH is 1. The van der Waals surface area contributed by atoms with Crippen LogP contribution in [0.1, 0.15) is 46.9 Å². The third kappa shape index (κ3) is 6.34. The Morgan fingerprint density at radius 1 is 0.939 bits per heavy atom. The van der Waals surface area contributed by atoms with Crippen molar-refractivity contribution in [3.8, 4) is 23.1 Å². The zero-order chi connectivity index (χ0) is 34.1. The molecule has 3 fully saturated rings. The second-order valence-corrected chi connectivity index (χ2v) is 13.0. The van der Waals surface area contributed by atoms with Crippen molar-refractivity contribution in [3.63, 3.8) is 0 Å². The van der Waals surface area contributed by atoms with Crippen LogP contribution in [0.15, 0.2) is 86.0 Å². The third-order valence-electron chi connectivity index (χ3n) is 10.3. The van der Waals surface area contributed by atoms with Crippen molar-refractivity contribution < 1.29 is 24.1 Å². The average Bonchev–Trinajstić information content (AvgIpc) is 3.15. The van der Waals surface area contributed by atoms with E-state index < -0.39 is 6.10 Å². The van der Waals surface area contributed by atoms with Crippen molar-refractivity contribution in [3.05, 3.63) is 114 Å². The molecule has 3 aliphatic rings. The van der Waals surface area contributed by atoms with E-state index in [9.17, 15) is 5.11 Å². The van der Waals surface area contributed by atoms with Crippen molar-refractivity contribution in [1.29, 1.82) is 0 Å². The van der Waals surface area contributed by atoms with Gasteiger partial charge in [-0.2, -0.15) is 0 Å². The molecule has 3 aliphatic heterocycles. The first-order valence-corrected chi connectivity index (χ1v) is 16.8. The van der Waals surface area contributed by atoms with Crippen molar-refractivity contribution in [2.75, 3.05) is 34.4 Å². The lowest BCUT2D eigenvalue weighted by Crippen LogP contribution is -2.54. The van der Waals surface area contributed by atoms with Crippen molar-refractivity contribution >= 4 is 27.9 Å². The number of hydrogen-bond donors (Lipinski definition) is 1. The van der Waals surface area contributed by atoms with Crippen LogP contribution in [0.25, 0.3) is 27.9 Å². The topological polar surface area (TPSA) is 86.2 Å². The summed E-state index contributed by atoms with van der Waals surface area (Å²) in [4.78, 5) is 12.4. The molecule has 2 bridgehead atoms. The lowest BCUT2D eigenvalue weighted by Gasteiger charge is -2.50. The predicted octanol–water partition coefficient (Wildman–Crippen LogP) is 7.55. The molecule has 5 aromatic rings. The Labute approximate surface area is 287 Å². The van der Waals surface area contributed by atoms with Crippen molar-refractivity contribution in [2.24, 2.45) is 11.8 Å². The van der Waals surface area contributed by atoms with E-state index in [1.807, 2.05) is 54.6 Å². The molecule has 8 heteroatoms. The SMILES string of the molecule is C=Cc1c(OC)ccc2nc(Cc3cc(OCc4cc(OC)cc(OC)c4)nc4ccccc34)cc([C@@H](O)[C@@H]3CC4CCN3C[C@@H]4C=C)c12. The number of aliphatic hydroxyl groups is 1. The summed E-state index contributed by atoms with van der Waals surface area (Å²) >= 11 is 0. The average molecular weight is 658 g/mol. The summed E-state index contributed by atoms with van der Waals surface area (Å²) in [7, 11) is 4.92. The predicted molar refractivity (Wildman–Crippen MR) is 194 cm³/mol. The minimum absolute atomic E-state index is 0.00857. The van der Waals surface area contributed by atoms with Gasteiger partial charge in [-0.25, -0.2) is 4.98 Å². The van der Waals surface area contributed by atoms with Gasteiger partial charge in [-0.15, -0.1) is 6.58 Å². The highest BCUT2D eigenvalue weighted by atomic mass is 16.5. The number of hydrogen-bond acceptors (Lipinski definition) is 8. The molecule has 0 saturated carbocycles. The Morgan fingerprint density at radius 2 is 1.73 bits per heavy atom. The maximum atomic E-state index is 12.2. The molecule has 8 nitrogen and oxygen atoms in total. The van der Waals surface area contributed by atoms with E-state index in [1.54, 1.807) is 27.4 Å². The van der Waals surface area contributed by atoms with Gasteiger partial charge >= 0.3 is 0 Å². The Balaban J connectivity index is 1.27. The molecule has 0 spiro atoms. The molecule has 1 N–H and O–H groups in total. The van der Waals surface area contributed by atoms with Gasteiger partial charge in [0.15, 0.2) is 0 Å². The summed E-state index contributed by atoms with van der Waals surface area (Å²) in [5.74, 6) is 3.61. The zero-order valence-corrected chi connectivity index (χ0v) is 28.4. The molecule has 3 saturated heterocycles. The zero-order valence-electron chi connectivity index (χ0n) is 28.4. The van der Waals surface area contributed by atoms with Crippen LogP contribution >= 0.6 is 0 Å². The normalized spacial score (nSPS) is 20.6. The second-order valence-electron chi connectivity index (χ2n) is 13.0. The minimum Gasteiger partial charge on any atom is -0.497 e. The van der Waals surface area contributed by atoms with Crippen LogP contribution in [0.4, 0.5) is 0 Å². The van der Waals surface area contributed by atoms with Crippen LogP contribution in [0, 0.1) is 11.8 Å². The molecule has 5 atom stereocenters. The summed E-state index contributed by atoms with van der Waals surface area (Å²) in [6.45, 7) is 10.4. The Morgan fingerprint density at radius 3 is 2.43 bits per heavy atom. The van der Waals surface area contributed by atoms with E-state index in [-0.39, 0.29) is 6.04 Å². The number of rotatable bonds is 12. The van der Waals surface area contributed by atoms with Gasteiger partial charge in [0.25, 0.3) is 0 Å². The highest BCUT2D eigenvalue weighted by Crippen LogP contribution is 2.44. The van der Waals surface area contributed by atoms with Crippen LogP contribution < -0.4 is 18.9 Å². The Kier molecular flexibility index (Phi) is 9.25. The number of aromatic nitrogens is 2. The fourth-order valence-electron chi connectivity index (χ4n) is 7.78. The van der Waals surface area contributed by atoms with Gasteiger partial charge in [-0.1, -0.05) is 36.9 Å². The first-order valence-electron chi connectivity index (χ1n) is 16.8. The summed E-state index contributed by atoms with van der Waals surface area (Å²) < 4.78 is 22.9. The largest absolute Gasteiger partial charge is 0.497 e. The number of methoxy groups -OCH3 is 3. The Hall–Kier alpha value is -4.92. The highest BCUT2D eigenvalue weighted by molar-refractivity contribution is 5.94. The number of ether oxygens (including phenoxy) is 4. The standard InChI is InChI=1S/C41H43N3O5/c1-6-26-23-44-15-14-27(26)19-37(44)41(45)34-21-29(42-36-12-13-38(48-5)32(7-2)40(34)36)18-28-20-39(43-35-11-9-8-10-33(28)35)49-24-25-16-30(46-3)22-31(17-25)47-4/h6-13,16-17,20-22,26-27,37,41,45H,1-2,14-15,18-19,23-24H2,3-5H3/t26-,27?,37-,41+/m0/s1. The maximum Gasteiger partial charge on any atom is 0.214 e. The van der Waals surface area contributed by atoms with Crippen LogP contribution in [0.5, 0.6) is 23.1 Å². The maximum absolute atomic E-state index is 12.2. The fourth-order valence-corrected chi connectivity index (χ4v) is 7.78. The first-order chi connectivity index (χ1) is 23.9. The highest BCUT2D eigenvalue weighted by Gasteiger charge is 2.42. The molecule has 0 radical (unpaired) electrons. The van der Waals surface area contributed by atoms with E-state index in [4.69, 9.17) is 28.9 Å². The smallest absolute Gasteiger partial charge is 0.214 e. The van der Waals surface area contributed by atoms with Crippen LogP contribution in [-0.2, 0) is 13.0 Å². The van der Waals surface area contributed by atoms with E-state index in [1.165, 1.54) is 0 Å². The number of nitrogens with zero attached hydrogens (tertiary/aromatic N) is 3. The van der Waals surface area contributed by atoms with E-state index in [0.29, 0.717) is 48.0 Å². The molecule has 49 heavy (non-hydrogen) atoms. The molecule has 5 heterocycles. The molecule has 0 amide bonds. The number of piperidine rings is 3. The molecule has 3 aromatic carbocycles. The summed E-state index contributed by atoms with van der Waals surface area (Å²) in [6.07, 6.45) is 5.77. The number of para-hydroxylation sites is 1. The van der Waals surface area contributed by atoms with Gasteiger partial charge in [0.1, 0.15) is 23.9 Å². The van der Waals surface area contributed by atoms with Crippen molar-refractivity contribution in [1.82, 2.24) is 14.9 Å². The molecule has 2 unspecified atom stereocenters. The number of benzene rings is 3. The quantitative estimate of drug-likeness (QED) is 0.138. The van der Waals surface area contributed by atoms with E-state index in [2.05, 4.69) is 36.3 Å². The fraction of sp³-hybridized carbons (Fsp3) is 0.317. The number of pyridine rings is 2. The van der Waals surface area contributed by atoms with Gasteiger partial charge in [0, 0.05) is 53.2 Å². The lowest BCUT2D eigenvalue weighted by molar-refractivity contribution is -0.0445. The molecule has 8 rings (SSSR count). The molecule has 252 valence electrons. The van der Waals surface area contributed by atoms with Crippen LogP contribution in [-0.4, -0.2) is 60.4 Å². The summed E-state index contributed by atoms with van der Waals surface area (Å²) in [6, 6.07) is 21.7. The van der Waals surface area contributed by atoms with E-state index >= 15 is 0 Å². The lowest BCUT2D eigenvalue weighted by atomic mass is 9.73. The minimum atomic E-state index is -0.712. The molecule has 0 aliphatic carbocycles. The second kappa shape index (κ2) is 13.9. The van der Waals surface area contributed by atoms with Gasteiger partial charge < -0.3 is 24.1 Å². The van der Waals surface area contributed by atoms with Crippen LogP contribution in [0.3, 0.4) is 0 Å². The summed E-state index contributed by atoms with van der Waals surface area (Å²) in [5, 5.41) is 14.2. The van der Waals surface area contributed by atoms with Gasteiger partial charge in [-0.3, -0.25) is 9.88 Å². The monoisotopic (exact) mass is 657 g/mol. The Bertz CT molecular complexity index is 2000. The van der Waals surface area contributed by atoms with E-state index in [0.717, 1.165) is 75.7 Å².